The molecule has 144 valence electrons. The van der Waals surface area contributed by atoms with E-state index in [0.29, 0.717) is 17.2 Å². The highest BCUT2D eigenvalue weighted by Crippen LogP contribution is 2.24. The minimum atomic E-state index is -0.162. The third kappa shape index (κ3) is 4.77. The Hall–Kier alpha value is -3.14. The van der Waals surface area contributed by atoms with Crippen LogP contribution >= 0.6 is 0 Å². The van der Waals surface area contributed by atoms with Crippen LogP contribution in [0.15, 0.2) is 60.7 Å². The molecule has 0 radical (unpaired) electrons. The molecule has 1 aromatic heterocycles. The average molecular weight is 374 g/mol. The molecule has 0 aliphatic carbocycles. The van der Waals surface area contributed by atoms with Gasteiger partial charge in [0.25, 0.3) is 5.91 Å². The number of ether oxygens (including phenoxy) is 1. The summed E-state index contributed by atoms with van der Waals surface area (Å²) in [6.07, 6.45) is 0.967. The van der Waals surface area contributed by atoms with Crippen molar-refractivity contribution in [3.8, 4) is 11.5 Å². The number of aryl methyl sites for hydroxylation is 2. The largest absolute Gasteiger partial charge is 0.457 e. The fraction of sp³-hybridized carbons (Fsp3) is 0.250. The van der Waals surface area contributed by atoms with Gasteiger partial charge < -0.3 is 10.1 Å². The summed E-state index contributed by atoms with van der Waals surface area (Å²) in [5.74, 6) is 1.71. The quantitative estimate of drug-likeness (QED) is 0.565. The van der Waals surface area contributed by atoms with Crippen LogP contribution in [0.1, 0.15) is 54.0 Å². The highest BCUT2D eigenvalue weighted by molar-refractivity contribution is 6.05. The molecule has 0 unspecified atom stereocenters. The molecule has 0 aliphatic rings. The monoisotopic (exact) mass is 374 g/mol. The molecule has 1 heterocycles. The van der Waals surface area contributed by atoms with Crippen LogP contribution in [-0.4, -0.2) is 10.9 Å². The van der Waals surface area contributed by atoms with Crippen molar-refractivity contribution in [3.63, 3.8) is 0 Å². The van der Waals surface area contributed by atoms with Gasteiger partial charge >= 0.3 is 0 Å². The van der Waals surface area contributed by atoms with Crippen LogP contribution in [0.25, 0.3) is 0 Å². The van der Waals surface area contributed by atoms with E-state index in [2.05, 4.69) is 37.1 Å². The zero-order chi connectivity index (χ0) is 20.1. The molecule has 0 spiro atoms. The van der Waals surface area contributed by atoms with Gasteiger partial charge in [-0.05, 0) is 73.4 Å². The Kier molecular flexibility index (Phi) is 6.09. The third-order valence-corrected chi connectivity index (χ3v) is 4.60. The van der Waals surface area contributed by atoms with Crippen LogP contribution in [0.3, 0.4) is 0 Å². The summed E-state index contributed by atoms with van der Waals surface area (Å²) in [4.78, 5) is 17.1. The maximum Gasteiger partial charge on any atom is 0.257 e. The lowest BCUT2D eigenvalue weighted by Crippen LogP contribution is -2.14. The van der Waals surface area contributed by atoms with E-state index in [9.17, 15) is 4.79 Å². The number of nitrogens with zero attached hydrogens (tertiary/aromatic N) is 1. The molecule has 1 amide bonds. The molecule has 0 fully saturated rings. The van der Waals surface area contributed by atoms with Crippen LogP contribution in [0.5, 0.6) is 11.5 Å². The van der Waals surface area contributed by atoms with E-state index in [0.717, 1.165) is 29.3 Å². The van der Waals surface area contributed by atoms with E-state index in [4.69, 9.17) is 4.74 Å². The molecule has 3 aromatic rings. The number of pyridine rings is 1. The number of amides is 1. The molecule has 4 nitrogen and oxygen atoms in total. The zero-order valence-corrected chi connectivity index (χ0v) is 16.8. The van der Waals surface area contributed by atoms with Gasteiger partial charge in [0.1, 0.15) is 11.5 Å². The Balaban J connectivity index is 1.67. The van der Waals surface area contributed by atoms with Crippen molar-refractivity contribution in [2.75, 3.05) is 5.32 Å². The van der Waals surface area contributed by atoms with Crippen molar-refractivity contribution < 1.29 is 9.53 Å². The molecule has 0 bridgehead atoms. The molecule has 28 heavy (non-hydrogen) atoms. The predicted molar refractivity (Wildman–Crippen MR) is 113 cm³/mol. The van der Waals surface area contributed by atoms with E-state index in [1.165, 1.54) is 5.56 Å². The van der Waals surface area contributed by atoms with Crippen LogP contribution in [0.4, 0.5) is 5.69 Å². The van der Waals surface area contributed by atoms with Gasteiger partial charge in [-0.15, -0.1) is 0 Å². The smallest absolute Gasteiger partial charge is 0.257 e. The SMILES string of the molecule is CCc1cccc(Oc2ccc(NC(=O)c3ccc(C(C)C)nc3C)cc2)c1. The second-order valence-corrected chi connectivity index (χ2v) is 7.11. The molecule has 0 atom stereocenters. The molecule has 1 N–H and O–H groups in total. The molecule has 3 rings (SSSR count). The summed E-state index contributed by atoms with van der Waals surface area (Å²) < 4.78 is 5.90. The van der Waals surface area contributed by atoms with Gasteiger partial charge in [0, 0.05) is 11.4 Å². The summed E-state index contributed by atoms with van der Waals surface area (Å²) in [6.45, 7) is 8.15. The number of carbonyl (C=O) groups is 1. The van der Waals surface area contributed by atoms with E-state index in [-0.39, 0.29) is 5.91 Å². The van der Waals surface area contributed by atoms with Crippen molar-refractivity contribution in [2.24, 2.45) is 0 Å². The summed E-state index contributed by atoms with van der Waals surface area (Å²) >= 11 is 0. The molecule has 4 heteroatoms. The van der Waals surface area contributed by atoms with Crippen molar-refractivity contribution in [2.45, 2.75) is 40.0 Å². The average Bonchev–Trinajstić information content (AvgIpc) is 2.69. The summed E-state index contributed by atoms with van der Waals surface area (Å²) in [6, 6.07) is 19.2. The molecular formula is C24H26N2O2. The van der Waals surface area contributed by atoms with Crippen LogP contribution < -0.4 is 10.1 Å². The molecule has 0 saturated carbocycles. The molecule has 2 aromatic carbocycles. The standard InChI is InChI=1S/C24H26N2O2/c1-5-18-7-6-8-21(15-18)28-20-11-9-19(10-12-20)26-24(27)22-13-14-23(16(2)3)25-17(22)4/h6-16H,5H2,1-4H3,(H,26,27). The number of nitrogens with one attached hydrogen (secondary N) is 1. The fourth-order valence-corrected chi connectivity index (χ4v) is 2.91. The van der Waals surface area contributed by atoms with Crippen molar-refractivity contribution in [1.29, 1.82) is 0 Å². The number of carbonyl (C=O) groups excluding carboxylic acids is 1. The number of benzene rings is 2. The van der Waals surface area contributed by atoms with Crippen molar-refractivity contribution in [3.05, 3.63) is 83.2 Å². The first-order chi connectivity index (χ1) is 13.5. The Morgan fingerprint density at radius 1 is 1.04 bits per heavy atom. The first kappa shape index (κ1) is 19.6. The highest BCUT2D eigenvalue weighted by atomic mass is 16.5. The van der Waals surface area contributed by atoms with Gasteiger partial charge in [0.05, 0.1) is 11.3 Å². The summed E-state index contributed by atoms with van der Waals surface area (Å²) in [5.41, 5.74) is 4.25. The number of hydrogen-bond acceptors (Lipinski definition) is 3. The minimum absolute atomic E-state index is 0.162. The lowest BCUT2D eigenvalue weighted by molar-refractivity contribution is 0.102. The number of anilines is 1. The van der Waals surface area contributed by atoms with Gasteiger partial charge in [-0.25, -0.2) is 0 Å². The third-order valence-electron chi connectivity index (χ3n) is 4.60. The van der Waals surface area contributed by atoms with Crippen LogP contribution in [-0.2, 0) is 6.42 Å². The summed E-state index contributed by atoms with van der Waals surface area (Å²) in [5, 5.41) is 2.92. The molecule has 0 aliphatic heterocycles. The number of rotatable bonds is 6. The Morgan fingerprint density at radius 2 is 1.79 bits per heavy atom. The second kappa shape index (κ2) is 8.70. The first-order valence-corrected chi connectivity index (χ1v) is 9.62. The molecule has 0 saturated heterocycles. The van der Waals surface area contributed by atoms with Crippen LogP contribution in [0.2, 0.25) is 0 Å². The maximum atomic E-state index is 12.6. The van der Waals surface area contributed by atoms with Gasteiger partial charge in [0.15, 0.2) is 0 Å². The first-order valence-electron chi connectivity index (χ1n) is 9.62. The van der Waals surface area contributed by atoms with Crippen molar-refractivity contribution >= 4 is 11.6 Å². The molecular weight excluding hydrogens is 348 g/mol. The number of hydrogen-bond donors (Lipinski definition) is 1. The Bertz CT molecular complexity index is 963. The van der Waals surface area contributed by atoms with E-state index in [1.807, 2.05) is 61.5 Å². The summed E-state index contributed by atoms with van der Waals surface area (Å²) in [7, 11) is 0. The Morgan fingerprint density at radius 3 is 2.43 bits per heavy atom. The predicted octanol–water partition coefficient (Wildman–Crippen LogP) is 6.12. The van der Waals surface area contributed by atoms with Gasteiger partial charge in [-0.1, -0.05) is 32.9 Å². The van der Waals surface area contributed by atoms with Crippen LogP contribution in [0, 0.1) is 6.92 Å². The second-order valence-electron chi connectivity index (χ2n) is 7.11. The van der Waals surface area contributed by atoms with Crippen molar-refractivity contribution in [1.82, 2.24) is 4.98 Å². The van der Waals surface area contributed by atoms with Gasteiger partial charge in [-0.3, -0.25) is 9.78 Å². The zero-order valence-electron chi connectivity index (χ0n) is 16.8. The van der Waals surface area contributed by atoms with E-state index >= 15 is 0 Å². The van der Waals surface area contributed by atoms with Gasteiger partial charge in [0.2, 0.25) is 0 Å². The minimum Gasteiger partial charge on any atom is -0.457 e. The number of aromatic nitrogens is 1. The van der Waals surface area contributed by atoms with E-state index in [1.54, 1.807) is 0 Å². The topological polar surface area (TPSA) is 51.2 Å². The highest BCUT2D eigenvalue weighted by Gasteiger charge is 2.12. The Labute approximate surface area is 166 Å². The van der Waals surface area contributed by atoms with Gasteiger partial charge in [-0.2, -0.15) is 0 Å². The lowest BCUT2D eigenvalue weighted by atomic mass is 10.1. The normalized spacial score (nSPS) is 10.8. The maximum absolute atomic E-state index is 12.6. The van der Waals surface area contributed by atoms with E-state index < -0.39 is 0 Å². The lowest BCUT2D eigenvalue weighted by Gasteiger charge is -2.11. The fourth-order valence-electron chi connectivity index (χ4n) is 2.91.